The van der Waals surface area contributed by atoms with E-state index in [0.29, 0.717) is 0 Å². The second kappa shape index (κ2) is 10.8. The third-order valence-electron chi connectivity index (χ3n) is 7.31. The zero-order chi connectivity index (χ0) is 25.1. The maximum atomic E-state index is 5.18. The van der Waals surface area contributed by atoms with E-state index in [4.69, 9.17) is 4.99 Å². The highest BCUT2D eigenvalue weighted by Gasteiger charge is 2.21. The maximum Gasteiger partial charge on any atom is 0.0906 e. The molecule has 0 saturated heterocycles. The van der Waals surface area contributed by atoms with Crippen LogP contribution in [0.5, 0.6) is 0 Å². The van der Waals surface area contributed by atoms with Gasteiger partial charge in [-0.05, 0) is 90.4 Å². The first-order valence-corrected chi connectivity index (χ1v) is 13.9. The average Bonchev–Trinajstić information content (AvgIpc) is 3.63. The summed E-state index contributed by atoms with van der Waals surface area (Å²) in [5.41, 5.74) is 13.6. The van der Waals surface area contributed by atoms with Gasteiger partial charge in [0.1, 0.15) is 0 Å². The van der Waals surface area contributed by atoms with Gasteiger partial charge in [-0.15, -0.1) is 0 Å². The quantitative estimate of drug-likeness (QED) is 0.290. The first kappa shape index (κ1) is 24.4. The van der Waals surface area contributed by atoms with Crippen LogP contribution in [-0.2, 0) is 19.3 Å². The van der Waals surface area contributed by atoms with Crippen LogP contribution in [0, 0.1) is 0 Å². The monoisotopic (exact) mass is 480 g/mol. The lowest BCUT2D eigenvalue weighted by molar-refractivity contribution is 0.829. The molecule has 1 atom stereocenters. The topological polar surface area (TPSA) is 59.7 Å². The molecule has 2 aliphatic heterocycles. The summed E-state index contributed by atoms with van der Waals surface area (Å²) in [5, 5.41) is 0. The predicted molar refractivity (Wildman–Crippen MR) is 155 cm³/mol. The Labute approximate surface area is 215 Å². The summed E-state index contributed by atoms with van der Waals surface area (Å²) in [6, 6.07) is 7.08. The van der Waals surface area contributed by atoms with Gasteiger partial charge in [-0.1, -0.05) is 59.5 Å². The number of aryl methyl sites for hydroxylation is 3. The Bertz CT molecular complexity index is 1330. The molecule has 2 aliphatic rings. The molecule has 0 radical (unpaired) electrons. The van der Waals surface area contributed by atoms with Crippen molar-refractivity contribution >= 4 is 23.9 Å². The number of rotatable bonds is 8. The second-order valence-corrected chi connectivity index (χ2v) is 10.2. The van der Waals surface area contributed by atoms with Crippen molar-refractivity contribution in [1.82, 2.24) is 15.0 Å². The minimum absolute atomic E-state index is 0.0965. The van der Waals surface area contributed by atoms with Crippen LogP contribution in [0.3, 0.4) is 0 Å². The predicted octanol–water partition coefficient (Wildman–Crippen LogP) is 8.29. The summed E-state index contributed by atoms with van der Waals surface area (Å²) >= 11 is 0. The summed E-state index contributed by atoms with van der Waals surface area (Å²) in [7, 11) is 0. The third-order valence-corrected chi connectivity index (χ3v) is 7.31. The number of nitrogens with one attached hydrogen (secondary N) is 3. The number of aromatic nitrogens is 3. The third kappa shape index (κ3) is 4.86. The van der Waals surface area contributed by atoms with E-state index in [1.807, 2.05) is 0 Å². The molecule has 4 nitrogen and oxygen atoms in total. The van der Waals surface area contributed by atoms with Crippen LogP contribution in [-0.4, -0.2) is 26.7 Å². The van der Waals surface area contributed by atoms with Crippen molar-refractivity contribution in [3.8, 4) is 11.4 Å². The number of hydrogen-bond acceptors (Lipinski definition) is 1. The van der Waals surface area contributed by atoms with Crippen LogP contribution in [0.2, 0.25) is 0 Å². The number of fused-ring (bicyclic) bond motifs is 9. The zero-order valence-electron chi connectivity index (χ0n) is 22.3. The van der Waals surface area contributed by atoms with Crippen LogP contribution in [0.25, 0.3) is 29.6 Å². The Morgan fingerprint density at radius 3 is 1.61 bits per heavy atom. The number of aliphatic imine (C=N–C) groups is 1. The van der Waals surface area contributed by atoms with Gasteiger partial charge in [-0.25, -0.2) is 0 Å². The number of H-pyrrole nitrogens is 3. The molecule has 188 valence electrons. The van der Waals surface area contributed by atoms with Gasteiger partial charge in [0.25, 0.3) is 0 Å². The standard InChI is InChI=1S/C32H40N4/c1-5-9-21-17-29-30-18-22(10-6-2)27(34-30)15-16-28-24(12-8-4)20-32(36-28)31-19-23(11-7-3)26(35-31)14-13-25(21)33-29/h13-20,25,34-36H,5-12H2,1-4H3/b14-13-,16-15-. The molecule has 3 aromatic heterocycles. The molecule has 4 heteroatoms. The molecule has 3 N–H and O–H groups in total. The first-order valence-electron chi connectivity index (χ1n) is 13.9. The molecule has 0 saturated carbocycles. The molecule has 0 fully saturated rings. The van der Waals surface area contributed by atoms with Crippen molar-refractivity contribution in [2.24, 2.45) is 4.99 Å². The Balaban J connectivity index is 1.67. The molecule has 5 heterocycles. The highest BCUT2D eigenvalue weighted by atomic mass is 14.9. The van der Waals surface area contributed by atoms with Crippen LogP contribution in [0.4, 0.5) is 0 Å². The second-order valence-electron chi connectivity index (χ2n) is 10.2. The molecule has 3 aromatic rings. The van der Waals surface area contributed by atoms with Crippen molar-refractivity contribution in [3.63, 3.8) is 0 Å². The van der Waals surface area contributed by atoms with Gasteiger partial charge in [0.2, 0.25) is 0 Å². The number of nitrogens with zero attached hydrogens (tertiary/aromatic N) is 1. The van der Waals surface area contributed by atoms with E-state index < -0.39 is 0 Å². The molecule has 0 amide bonds. The Morgan fingerprint density at radius 2 is 1.08 bits per heavy atom. The van der Waals surface area contributed by atoms with E-state index in [1.165, 1.54) is 39.3 Å². The van der Waals surface area contributed by atoms with Crippen molar-refractivity contribution in [3.05, 3.63) is 75.4 Å². The molecule has 1 unspecified atom stereocenters. The molecule has 8 bridgehead atoms. The smallest absolute Gasteiger partial charge is 0.0906 e. The van der Waals surface area contributed by atoms with Crippen molar-refractivity contribution in [2.75, 3.05) is 0 Å². The van der Waals surface area contributed by atoms with Crippen LogP contribution in [0.15, 0.2) is 40.9 Å². The molecular weight excluding hydrogens is 440 g/mol. The summed E-state index contributed by atoms with van der Waals surface area (Å²) in [5.74, 6) is 0. The highest BCUT2D eigenvalue weighted by molar-refractivity contribution is 6.10. The molecular formula is C32H40N4. The fourth-order valence-electron chi connectivity index (χ4n) is 5.55. The van der Waals surface area contributed by atoms with E-state index >= 15 is 0 Å². The Morgan fingerprint density at radius 1 is 0.611 bits per heavy atom. The van der Waals surface area contributed by atoms with E-state index in [-0.39, 0.29) is 6.04 Å². The lowest BCUT2D eigenvalue weighted by Gasteiger charge is -2.07. The van der Waals surface area contributed by atoms with Crippen LogP contribution in [0.1, 0.15) is 99.3 Å². The normalized spacial score (nSPS) is 18.3. The number of aromatic amines is 3. The molecule has 36 heavy (non-hydrogen) atoms. The Hall–Kier alpha value is -3.27. The fourth-order valence-corrected chi connectivity index (χ4v) is 5.55. The molecule has 0 aromatic carbocycles. The largest absolute Gasteiger partial charge is 0.354 e. The van der Waals surface area contributed by atoms with Gasteiger partial charge in [-0.3, -0.25) is 4.99 Å². The minimum Gasteiger partial charge on any atom is -0.354 e. The zero-order valence-corrected chi connectivity index (χ0v) is 22.3. The van der Waals surface area contributed by atoms with Crippen molar-refractivity contribution < 1.29 is 0 Å². The summed E-state index contributed by atoms with van der Waals surface area (Å²) in [4.78, 5) is 16.3. The SMILES string of the molecule is CCCC1=CC2=NC1/C=C\c1[nH]c(cc1CCC)-c1cc(CCC)c([nH]1)/C=C\c1[nH]c2cc1CCC. The van der Waals surface area contributed by atoms with Crippen molar-refractivity contribution in [1.29, 1.82) is 0 Å². The Kier molecular flexibility index (Phi) is 7.31. The summed E-state index contributed by atoms with van der Waals surface area (Å²) in [6.07, 6.45) is 20.1. The summed E-state index contributed by atoms with van der Waals surface area (Å²) < 4.78 is 0. The van der Waals surface area contributed by atoms with Gasteiger partial charge < -0.3 is 15.0 Å². The van der Waals surface area contributed by atoms with E-state index in [2.05, 4.69) is 91.2 Å². The average molecular weight is 481 g/mol. The van der Waals surface area contributed by atoms with Gasteiger partial charge in [0.05, 0.1) is 28.8 Å². The lowest BCUT2D eigenvalue weighted by atomic mass is 10.0. The van der Waals surface area contributed by atoms with Gasteiger partial charge in [0.15, 0.2) is 0 Å². The number of allylic oxidation sites excluding steroid dienone is 1. The van der Waals surface area contributed by atoms with E-state index in [1.54, 1.807) is 0 Å². The van der Waals surface area contributed by atoms with Gasteiger partial charge >= 0.3 is 0 Å². The van der Waals surface area contributed by atoms with E-state index in [0.717, 1.165) is 74.2 Å². The molecule has 5 rings (SSSR count). The first-order chi connectivity index (χ1) is 17.6. The van der Waals surface area contributed by atoms with E-state index in [9.17, 15) is 0 Å². The van der Waals surface area contributed by atoms with Gasteiger partial charge in [-0.2, -0.15) is 0 Å². The highest BCUT2D eigenvalue weighted by Crippen LogP contribution is 2.30. The fraction of sp³-hybridized carbons (Fsp3) is 0.406. The van der Waals surface area contributed by atoms with Crippen LogP contribution >= 0.6 is 0 Å². The van der Waals surface area contributed by atoms with Gasteiger partial charge in [0, 0.05) is 17.1 Å². The van der Waals surface area contributed by atoms with Crippen LogP contribution < -0.4 is 0 Å². The molecule has 0 aliphatic carbocycles. The maximum absolute atomic E-state index is 5.18. The van der Waals surface area contributed by atoms with Crippen molar-refractivity contribution in [2.45, 2.75) is 85.1 Å². The lowest BCUT2D eigenvalue weighted by Crippen LogP contribution is -2.01. The number of hydrogen-bond donors (Lipinski definition) is 3. The molecule has 0 spiro atoms. The minimum atomic E-state index is 0.0965. The summed E-state index contributed by atoms with van der Waals surface area (Å²) in [6.45, 7) is 9.00.